The van der Waals surface area contributed by atoms with E-state index in [0.717, 1.165) is 38.0 Å². The second-order valence-corrected chi connectivity index (χ2v) is 11.9. The Morgan fingerprint density at radius 1 is 1.10 bits per heavy atom. The molecule has 6 rings (SSSR count). The van der Waals surface area contributed by atoms with Crippen LogP contribution in [0.25, 0.3) is 0 Å². The monoisotopic (exact) mass is 494 g/mol. The molecule has 30 heavy (non-hydrogen) atoms. The van der Waals surface area contributed by atoms with Gasteiger partial charge in [0.1, 0.15) is 0 Å². The summed E-state index contributed by atoms with van der Waals surface area (Å²) in [6.07, 6.45) is 6.32. The minimum absolute atomic E-state index is 0.0904. The predicted molar refractivity (Wildman–Crippen MR) is 120 cm³/mol. The SMILES string of the molecule is O=C(COC(=O)C12CC3CC(CC(Br)(C3)C1)C2)N1CCN(c2cccc(Cl)c2)CC1. The molecule has 1 saturated heterocycles. The lowest BCUT2D eigenvalue weighted by atomic mass is 9.49. The van der Waals surface area contributed by atoms with Gasteiger partial charge in [-0.05, 0) is 68.6 Å². The van der Waals surface area contributed by atoms with Gasteiger partial charge in [-0.3, -0.25) is 9.59 Å². The van der Waals surface area contributed by atoms with E-state index in [1.807, 2.05) is 24.3 Å². The van der Waals surface area contributed by atoms with Crippen molar-refractivity contribution in [2.75, 3.05) is 37.7 Å². The summed E-state index contributed by atoms with van der Waals surface area (Å²) in [5, 5.41) is 0.716. The molecule has 1 aliphatic heterocycles. The van der Waals surface area contributed by atoms with E-state index >= 15 is 0 Å². The fraction of sp³-hybridized carbons (Fsp3) is 0.652. The molecule has 0 spiro atoms. The Hall–Kier alpha value is -1.27. The molecule has 5 fully saturated rings. The molecule has 162 valence electrons. The van der Waals surface area contributed by atoms with Crippen LogP contribution in [-0.2, 0) is 14.3 Å². The highest BCUT2D eigenvalue weighted by Crippen LogP contribution is 2.64. The second-order valence-electron chi connectivity index (χ2n) is 9.82. The Bertz CT molecular complexity index is 841. The molecule has 0 aromatic heterocycles. The summed E-state index contributed by atoms with van der Waals surface area (Å²) in [4.78, 5) is 29.8. The molecular formula is C23H28BrClN2O3. The van der Waals surface area contributed by atoms with E-state index in [1.54, 1.807) is 4.90 Å². The van der Waals surface area contributed by atoms with Crippen molar-refractivity contribution >= 4 is 45.1 Å². The molecule has 1 aromatic carbocycles. The van der Waals surface area contributed by atoms with E-state index in [2.05, 4.69) is 20.8 Å². The number of alkyl halides is 1. The van der Waals surface area contributed by atoms with Crippen molar-refractivity contribution in [1.29, 1.82) is 0 Å². The minimum Gasteiger partial charge on any atom is -0.455 e. The molecule has 0 radical (unpaired) electrons. The maximum atomic E-state index is 13.1. The van der Waals surface area contributed by atoms with E-state index in [9.17, 15) is 9.59 Å². The summed E-state index contributed by atoms with van der Waals surface area (Å²) < 4.78 is 5.74. The average molecular weight is 496 g/mol. The molecule has 2 atom stereocenters. The summed E-state index contributed by atoms with van der Waals surface area (Å²) in [6, 6.07) is 7.78. The van der Waals surface area contributed by atoms with Crippen molar-refractivity contribution in [3.63, 3.8) is 0 Å². The number of amides is 1. The molecule has 0 N–H and O–H groups in total. The van der Waals surface area contributed by atoms with Crippen LogP contribution in [0.4, 0.5) is 5.69 Å². The van der Waals surface area contributed by atoms with Crippen LogP contribution < -0.4 is 4.90 Å². The van der Waals surface area contributed by atoms with E-state index in [1.165, 1.54) is 19.3 Å². The first-order chi connectivity index (χ1) is 14.3. The standard InChI is InChI=1S/C23H28BrClN2O3/c24-23-12-16-8-17(13-23)11-22(10-16,15-23)21(29)30-14-20(28)27-6-4-26(5-7-27)19-3-1-2-18(25)9-19/h1-3,9,16-17H,4-8,10-15H2. The second kappa shape index (κ2) is 7.70. The fourth-order valence-electron chi connectivity index (χ4n) is 6.65. The van der Waals surface area contributed by atoms with Gasteiger partial charge in [-0.1, -0.05) is 33.6 Å². The molecule has 5 nitrogen and oxygen atoms in total. The van der Waals surface area contributed by atoms with Crippen LogP contribution in [0.5, 0.6) is 0 Å². The van der Waals surface area contributed by atoms with Gasteiger partial charge in [0.2, 0.25) is 0 Å². The molecule has 4 bridgehead atoms. The quantitative estimate of drug-likeness (QED) is 0.462. The smallest absolute Gasteiger partial charge is 0.312 e. The Kier molecular flexibility index (Phi) is 5.29. The van der Waals surface area contributed by atoms with Crippen LogP contribution >= 0.6 is 27.5 Å². The van der Waals surface area contributed by atoms with Crippen LogP contribution in [0.1, 0.15) is 38.5 Å². The molecule has 2 unspecified atom stereocenters. The zero-order chi connectivity index (χ0) is 20.9. The number of hydrogen-bond acceptors (Lipinski definition) is 4. The molecule has 7 heteroatoms. The summed E-state index contributed by atoms with van der Waals surface area (Å²) in [5.41, 5.74) is 0.700. The highest BCUT2D eigenvalue weighted by molar-refractivity contribution is 9.10. The summed E-state index contributed by atoms with van der Waals surface area (Å²) in [6.45, 7) is 2.62. The first-order valence-electron chi connectivity index (χ1n) is 11.0. The Labute approximate surface area is 191 Å². The van der Waals surface area contributed by atoms with Crippen molar-refractivity contribution in [3.8, 4) is 0 Å². The maximum Gasteiger partial charge on any atom is 0.312 e. The molecule has 1 aromatic rings. The molecule has 4 saturated carbocycles. The zero-order valence-electron chi connectivity index (χ0n) is 17.1. The topological polar surface area (TPSA) is 49.9 Å². The van der Waals surface area contributed by atoms with Crippen LogP contribution in [-0.4, -0.2) is 53.9 Å². The number of benzene rings is 1. The number of anilines is 1. The molecular weight excluding hydrogens is 468 g/mol. The number of carbonyl (C=O) groups is 2. The van der Waals surface area contributed by atoms with Crippen LogP contribution in [0.3, 0.4) is 0 Å². The van der Waals surface area contributed by atoms with Gasteiger partial charge in [0, 0.05) is 41.2 Å². The molecule has 1 amide bonds. The Balaban J connectivity index is 1.14. The van der Waals surface area contributed by atoms with Gasteiger partial charge >= 0.3 is 5.97 Å². The largest absolute Gasteiger partial charge is 0.455 e. The third-order valence-corrected chi connectivity index (χ3v) is 8.72. The third-order valence-electron chi connectivity index (χ3n) is 7.56. The lowest BCUT2D eigenvalue weighted by molar-refractivity contribution is -0.172. The van der Waals surface area contributed by atoms with Gasteiger partial charge in [-0.25, -0.2) is 0 Å². The first kappa shape index (κ1) is 20.6. The summed E-state index contributed by atoms with van der Waals surface area (Å²) in [7, 11) is 0. The Morgan fingerprint density at radius 3 is 2.43 bits per heavy atom. The van der Waals surface area contributed by atoms with E-state index in [0.29, 0.717) is 29.9 Å². The number of ether oxygens (including phenoxy) is 1. The van der Waals surface area contributed by atoms with Crippen molar-refractivity contribution in [3.05, 3.63) is 29.3 Å². The van der Waals surface area contributed by atoms with E-state index < -0.39 is 0 Å². The number of carbonyl (C=O) groups excluding carboxylic acids is 2. The highest BCUT2D eigenvalue weighted by atomic mass is 79.9. The number of halogens is 2. The molecule has 5 aliphatic rings. The minimum atomic E-state index is -0.376. The lowest BCUT2D eigenvalue weighted by Crippen LogP contribution is -2.56. The van der Waals surface area contributed by atoms with E-state index in [-0.39, 0.29) is 28.2 Å². The Morgan fingerprint density at radius 2 is 1.80 bits per heavy atom. The van der Waals surface area contributed by atoms with Gasteiger partial charge in [0.15, 0.2) is 6.61 Å². The number of esters is 1. The van der Waals surface area contributed by atoms with Crippen molar-refractivity contribution in [2.24, 2.45) is 17.3 Å². The summed E-state index contributed by atoms with van der Waals surface area (Å²) in [5.74, 6) is 1.00. The maximum absolute atomic E-state index is 13.1. The van der Waals surface area contributed by atoms with Gasteiger partial charge in [0.05, 0.1) is 5.41 Å². The number of piperazine rings is 1. The predicted octanol–water partition coefficient (Wildman–Crippen LogP) is 4.27. The average Bonchev–Trinajstić information content (AvgIpc) is 2.70. The van der Waals surface area contributed by atoms with Crippen LogP contribution in [0, 0.1) is 17.3 Å². The molecule has 1 heterocycles. The van der Waals surface area contributed by atoms with Crippen LogP contribution in [0.2, 0.25) is 5.02 Å². The van der Waals surface area contributed by atoms with Gasteiger partial charge < -0.3 is 14.5 Å². The van der Waals surface area contributed by atoms with Crippen LogP contribution in [0.15, 0.2) is 24.3 Å². The van der Waals surface area contributed by atoms with E-state index in [4.69, 9.17) is 16.3 Å². The van der Waals surface area contributed by atoms with Crippen molar-refractivity contribution in [2.45, 2.75) is 42.8 Å². The number of hydrogen-bond donors (Lipinski definition) is 0. The first-order valence-corrected chi connectivity index (χ1v) is 12.2. The van der Waals surface area contributed by atoms with Gasteiger partial charge in [-0.15, -0.1) is 0 Å². The molecule has 4 aliphatic carbocycles. The highest BCUT2D eigenvalue weighted by Gasteiger charge is 2.60. The number of rotatable bonds is 4. The van der Waals surface area contributed by atoms with Crippen molar-refractivity contribution < 1.29 is 14.3 Å². The summed E-state index contributed by atoms with van der Waals surface area (Å²) >= 11 is 10.0. The lowest BCUT2D eigenvalue weighted by Gasteiger charge is -2.58. The third kappa shape index (κ3) is 3.86. The van der Waals surface area contributed by atoms with Gasteiger partial charge in [-0.2, -0.15) is 0 Å². The normalized spacial score (nSPS) is 34.9. The zero-order valence-corrected chi connectivity index (χ0v) is 19.5. The van der Waals surface area contributed by atoms with Gasteiger partial charge in [0.25, 0.3) is 5.91 Å². The number of nitrogens with zero attached hydrogens (tertiary/aromatic N) is 2. The van der Waals surface area contributed by atoms with Crippen molar-refractivity contribution in [1.82, 2.24) is 4.90 Å². The fourth-order valence-corrected chi connectivity index (χ4v) is 8.29.